The first kappa shape index (κ1) is 18.2. The molecule has 0 atom stereocenters. The van der Waals surface area contributed by atoms with Crippen LogP contribution in [0.4, 0.5) is 0 Å². The first-order valence-corrected chi connectivity index (χ1v) is 10.2. The first-order chi connectivity index (χ1) is 13.2. The minimum atomic E-state index is -4.06. The average molecular weight is 396 g/mol. The van der Waals surface area contributed by atoms with E-state index in [0.717, 1.165) is 17.2 Å². The van der Waals surface area contributed by atoms with E-state index in [1.807, 2.05) is 13.8 Å². The fourth-order valence-corrected chi connectivity index (χ4v) is 4.59. The number of hydrogen-bond acceptors (Lipinski definition) is 6. The lowest BCUT2D eigenvalue weighted by Gasteiger charge is -2.08. The highest BCUT2D eigenvalue weighted by Crippen LogP contribution is 2.24. The van der Waals surface area contributed by atoms with Crippen molar-refractivity contribution in [3.8, 4) is 0 Å². The van der Waals surface area contributed by atoms with Crippen molar-refractivity contribution in [1.82, 2.24) is 0 Å². The second-order valence-corrected chi connectivity index (χ2v) is 8.75. The molecule has 0 amide bonds. The van der Waals surface area contributed by atoms with Gasteiger partial charge in [0.15, 0.2) is 14.7 Å². The summed E-state index contributed by atoms with van der Waals surface area (Å²) in [5.41, 5.74) is 1.11. The largest absolute Gasteiger partial charge is 0.423 e. The fourth-order valence-electron chi connectivity index (χ4n) is 3.18. The number of fused-ring (bicyclic) bond motifs is 2. The van der Waals surface area contributed by atoms with Gasteiger partial charge in [0.2, 0.25) is 0 Å². The van der Waals surface area contributed by atoms with Crippen molar-refractivity contribution in [2.45, 2.75) is 24.5 Å². The molecule has 142 valence electrons. The van der Waals surface area contributed by atoms with Crippen molar-refractivity contribution < 1.29 is 17.3 Å². The van der Waals surface area contributed by atoms with Gasteiger partial charge in [0.05, 0.1) is 5.75 Å². The standard InChI is InChI=1S/C21H16O6S/c1-12-3-5-17-14(7-12)9-19(21(23)27-17)28(24,25)11-15-10-20(22)26-18-6-4-13(2)8-16(15)18/h3-10H,11H2,1-2H3. The molecule has 2 aromatic carbocycles. The highest BCUT2D eigenvalue weighted by Gasteiger charge is 2.23. The van der Waals surface area contributed by atoms with Crippen LogP contribution in [0.2, 0.25) is 0 Å². The minimum Gasteiger partial charge on any atom is -0.423 e. The third-order valence-electron chi connectivity index (χ3n) is 4.52. The molecular formula is C21H16O6S. The SMILES string of the molecule is Cc1ccc2oc(=O)c(S(=O)(=O)Cc3cc(=O)oc4ccc(C)cc34)cc2c1. The molecule has 0 radical (unpaired) electrons. The minimum absolute atomic E-state index is 0.277. The molecule has 0 unspecified atom stereocenters. The molecule has 28 heavy (non-hydrogen) atoms. The zero-order valence-corrected chi connectivity index (χ0v) is 16.0. The quantitative estimate of drug-likeness (QED) is 0.492. The number of sulfone groups is 1. The molecule has 0 saturated heterocycles. The molecule has 2 aromatic heterocycles. The van der Waals surface area contributed by atoms with E-state index in [-0.39, 0.29) is 5.56 Å². The van der Waals surface area contributed by atoms with E-state index < -0.39 is 31.7 Å². The smallest absolute Gasteiger partial charge is 0.355 e. The Bertz CT molecular complexity index is 1460. The van der Waals surface area contributed by atoms with Gasteiger partial charge in [-0.25, -0.2) is 18.0 Å². The molecule has 0 N–H and O–H groups in total. The van der Waals surface area contributed by atoms with Crippen LogP contribution in [-0.4, -0.2) is 8.42 Å². The number of hydrogen-bond donors (Lipinski definition) is 0. The maximum absolute atomic E-state index is 13.0. The zero-order chi connectivity index (χ0) is 20.1. The molecular weight excluding hydrogens is 380 g/mol. The third kappa shape index (κ3) is 3.25. The van der Waals surface area contributed by atoms with Crippen LogP contribution in [0.15, 0.2) is 71.8 Å². The Kier molecular flexibility index (Phi) is 4.19. The number of benzene rings is 2. The molecule has 4 rings (SSSR count). The summed E-state index contributed by atoms with van der Waals surface area (Å²) in [6.07, 6.45) is 0. The van der Waals surface area contributed by atoms with Gasteiger partial charge in [0.25, 0.3) is 0 Å². The van der Waals surface area contributed by atoms with Gasteiger partial charge in [-0.05, 0) is 49.7 Å². The van der Waals surface area contributed by atoms with Crippen LogP contribution in [0, 0.1) is 13.8 Å². The van der Waals surface area contributed by atoms with E-state index in [9.17, 15) is 18.0 Å². The van der Waals surface area contributed by atoms with Crippen molar-refractivity contribution in [1.29, 1.82) is 0 Å². The molecule has 0 spiro atoms. The molecule has 0 aliphatic carbocycles. The summed E-state index contributed by atoms with van der Waals surface area (Å²) in [6, 6.07) is 12.7. The topological polar surface area (TPSA) is 94.6 Å². The second-order valence-electron chi connectivity index (χ2n) is 6.79. The Labute approximate surface area is 160 Å². The van der Waals surface area contributed by atoms with Crippen LogP contribution in [0.1, 0.15) is 16.7 Å². The third-order valence-corrected chi connectivity index (χ3v) is 6.17. The van der Waals surface area contributed by atoms with Gasteiger partial charge >= 0.3 is 11.3 Å². The Hall–Kier alpha value is -3.19. The monoisotopic (exact) mass is 396 g/mol. The van der Waals surface area contributed by atoms with Crippen LogP contribution in [0.5, 0.6) is 0 Å². The fraction of sp³-hybridized carbons (Fsp3) is 0.143. The Morgan fingerprint density at radius 3 is 2.25 bits per heavy atom. The van der Waals surface area contributed by atoms with E-state index >= 15 is 0 Å². The lowest BCUT2D eigenvalue weighted by Crippen LogP contribution is -2.16. The maximum Gasteiger partial charge on any atom is 0.355 e. The van der Waals surface area contributed by atoms with Gasteiger partial charge in [0, 0.05) is 16.8 Å². The van der Waals surface area contributed by atoms with Gasteiger partial charge in [-0.2, -0.15) is 0 Å². The van der Waals surface area contributed by atoms with Crippen LogP contribution in [-0.2, 0) is 15.6 Å². The zero-order valence-electron chi connectivity index (χ0n) is 15.2. The van der Waals surface area contributed by atoms with Crippen molar-refractivity contribution in [3.63, 3.8) is 0 Å². The second kappa shape index (κ2) is 6.45. The normalized spacial score (nSPS) is 11.9. The summed E-state index contributed by atoms with van der Waals surface area (Å²) in [5, 5.41) is 1.04. The summed E-state index contributed by atoms with van der Waals surface area (Å²) >= 11 is 0. The molecule has 7 heteroatoms. The highest BCUT2D eigenvalue weighted by molar-refractivity contribution is 7.90. The van der Waals surface area contributed by atoms with Crippen molar-refractivity contribution in [3.05, 3.63) is 86.1 Å². The van der Waals surface area contributed by atoms with Gasteiger partial charge < -0.3 is 8.83 Å². The van der Waals surface area contributed by atoms with Crippen LogP contribution < -0.4 is 11.3 Å². The Morgan fingerprint density at radius 1 is 0.821 bits per heavy atom. The lowest BCUT2D eigenvalue weighted by molar-refractivity contribution is 0.532. The molecule has 0 bridgehead atoms. The van der Waals surface area contributed by atoms with Gasteiger partial charge in [0.1, 0.15) is 11.2 Å². The summed E-state index contributed by atoms with van der Waals surface area (Å²) in [5.74, 6) is -0.513. The van der Waals surface area contributed by atoms with Crippen LogP contribution >= 0.6 is 0 Å². The summed E-state index contributed by atoms with van der Waals surface area (Å²) in [4.78, 5) is 23.7. The Balaban J connectivity index is 1.89. The summed E-state index contributed by atoms with van der Waals surface area (Å²) in [6.45, 7) is 3.71. The predicted molar refractivity (Wildman–Crippen MR) is 105 cm³/mol. The van der Waals surface area contributed by atoms with Crippen LogP contribution in [0.3, 0.4) is 0 Å². The highest BCUT2D eigenvalue weighted by atomic mass is 32.2. The van der Waals surface area contributed by atoms with E-state index in [0.29, 0.717) is 21.9 Å². The van der Waals surface area contributed by atoms with Gasteiger partial charge in [-0.3, -0.25) is 0 Å². The van der Waals surface area contributed by atoms with E-state index in [1.54, 1.807) is 36.4 Å². The van der Waals surface area contributed by atoms with E-state index in [2.05, 4.69) is 0 Å². The summed E-state index contributed by atoms with van der Waals surface area (Å²) in [7, 11) is -4.06. The average Bonchev–Trinajstić information content (AvgIpc) is 2.61. The molecule has 0 saturated carbocycles. The molecule has 6 nitrogen and oxygen atoms in total. The first-order valence-electron chi connectivity index (χ1n) is 8.54. The van der Waals surface area contributed by atoms with Crippen molar-refractivity contribution >= 4 is 31.8 Å². The molecule has 0 fully saturated rings. The molecule has 2 heterocycles. The Morgan fingerprint density at radius 2 is 1.50 bits per heavy atom. The molecule has 0 aliphatic heterocycles. The summed E-state index contributed by atoms with van der Waals surface area (Å²) < 4.78 is 36.3. The maximum atomic E-state index is 13.0. The lowest BCUT2D eigenvalue weighted by atomic mass is 10.1. The van der Waals surface area contributed by atoms with Crippen molar-refractivity contribution in [2.75, 3.05) is 0 Å². The van der Waals surface area contributed by atoms with Gasteiger partial charge in [-0.15, -0.1) is 0 Å². The van der Waals surface area contributed by atoms with E-state index in [4.69, 9.17) is 8.83 Å². The van der Waals surface area contributed by atoms with Gasteiger partial charge in [-0.1, -0.05) is 23.3 Å². The molecule has 4 aromatic rings. The number of aryl methyl sites for hydroxylation is 2. The number of rotatable bonds is 3. The van der Waals surface area contributed by atoms with Crippen LogP contribution in [0.25, 0.3) is 21.9 Å². The molecule has 0 aliphatic rings. The van der Waals surface area contributed by atoms with E-state index in [1.165, 1.54) is 6.07 Å². The van der Waals surface area contributed by atoms with Crippen molar-refractivity contribution in [2.24, 2.45) is 0 Å². The predicted octanol–water partition coefficient (Wildman–Crippen LogP) is 3.49.